The fourth-order valence-electron chi connectivity index (χ4n) is 2.48. The maximum Gasteiger partial charge on any atom is 0.310 e. The Morgan fingerprint density at radius 1 is 1.56 bits per heavy atom. The summed E-state index contributed by atoms with van der Waals surface area (Å²) in [6, 6.07) is 3.70. The number of carbonyl (C=O) groups is 1. The third-order valence-corrected chi connectivity index (χ3v) is 3.59. The van der Waals surface area contributed by atoms with Gasteiger partial charge in [0.15, 0.2) is 0 Å². The van der Waals surface area contributed by atoms with E-state index >= 15 is 0 Å². The summed E-state index contributed by atoms with van der Waals surface area (Å²) < 4.78 is 5.19. The number of methoxy groups -OCH3 is 1. The number of aliphatic carboxylic acids is 1. The summed E-state index contributed by atoms with van der Waals surface area (Å²) in [5.74, 6) is -0.202. The van der Waals surface area contributed by atoms with E-state index in [-0.39, 0.29) is 0 Å². The minimum absolute atomic E-state index is 0.473. The van der Waals surface area contributed by atoms with E-state index in [1.807, 2.05) is 12.1 Å². The summed E-state index contributed by atoms with van der Waals surface area (Å²) in [7, 11) is 1.56. The standard InChI is InChI=1S/C13H18N2O3/c1-18-11-10(3-2-6-15-11)9-13(12(16)17)4-7-14-8-5-13/h2-3,6,14H,4-5,7-9H2,1H3,(H,16,17). The molecule has 0 spiro atoms. The van der Waals surface area contributed by atoms with Crippen LogP contribution in [0.2, 0.25) is 0 Å². The fraction of sp³-hybridized carbons (Fsp3) is 0.538. The largest absolute Gasteiger partial charge is 0.481 e. The van der Waals surface area contributed by atoms with Crippen molar-refractivity contribution in [2.24, 2.45) is 5.41 Å². The maximum absolute atomic E-state index is 11.6. The quantitative estimate of drug-likeness (QED) is 0.837. The first-order valence-electron chi connectivity index (χ1n) is 6.10. The van der Waals surface area contributed by atoms with Gasteiger partial charge in [0.25, 0.3) is 0 Å². The average Bonchev–Trinajstić information content (AvgIpc) is 2.40. The minimum Gasteiger partial charge on any atom is -0.481 e. The molecular formula is C13H18N2O3. The number of carboxylic acids is 1. The number of nitrogens with one attached hydrogen (secondary N) is 1. The zero-order chi connectivity index (χ0) is 13.0. The fourth-order valence-corrected chi connectivity index (χ4v) is 2.48. The summed E-state index contributed by atoms with van der Waals surface area (Å²) >= 11 is 0. The van der Waals surface area contributed by atoms with E-state index in [1.165, 1.54) is 0 Å². The normalized spacial score (nSPS) is 18.3. The number of nitrogens with zero attached hydrogens (tertiary/aromatic N) is 1. The summed E-state index contributed by atoms with van der Waals surface area (Å²) in [6.45, 7) is 1.49. The third kappa shape index (κ3) is 2.46. The van der Waals surface area contributed by atoms with Crippen molar-refractivity contribution in [1.82, 2.24) is 10.3 Å². The zero-order valence-electron chi connectivity index (χ0n) is 10.5. The highest BCUT2D eigenvalue weighted by molar-refractivity contribution is 5.75. The van der Waals surface area contributed by atoms with Gasteiger partial charge in [-0.25, -0.2) is 4.98 Å². The van der Waals surface area contributed by atoms with Crippen molar-refractivity contribution < 1.29 is 14.6 Å². The van der Waals surface area contributed by atoms with Crippen LogP contribution in [0.25, 0.3) is 0 Å². The molecule has 0 aromatic carbocycles. The van der Waals surface area contributed by atoms with Gasteiger partial charge in [-0.3, -0.25) is 4.79 Å². The molecule has 0 aliphatic carbocycles. The van der Waals surface area contributed by atoms with Gasteiger partial charge in [-0.15, -0.1) is 0 Å². The van der Waals surface area contributed by atoms with Crippen molar-refractivity contribution in [2.45, 2.75) is 19.3 Å². The second-order valence-corrected chi connectivity index (χ2v) is 4.68. The van der Waals surface area contributed by atoms with Crippen molar-refractivity contribution in [1.29, 1.82) is 0 Å². The zero-order valence-corrected chi connectivity index (χ0v) is 10.5. The SMILES string of the molecule is COc1ncccc1CC1(C(=O)O)CCNCC1. The van der Waals surface area contributed by atoms with Crippen LogP contribution in [-0.4, -0.2) is 36.3 Å². The predicted octanol–water partition coefficient (Wildman–Crippen LogP) is 1.09. The van der Waals surface area contributed by atoms with Crippen molar-refractivity contribution in [3.05, 3.63) is 23.9 Å². The average molecular weight is 250 g/mol. The molecule has 5 nitrogen and oxygen atoms in total. The number of hydrogen-bond donors (Lipinski definition) is 2. The Morgan fingerprint density at radius 3 is 2.89 bits per heavy atom. The highest BCUT2D eigenvalue weighted by Gasteiger charge is 2.40. The smallest absolute Gasteiger partial charge is 0.310 e. The van der Waals surface area contributed by atoms with Gasteiger partial charge >= 0.3 is 5.97 Å². The highest BCUT2D eigenvalue weighted by atomic mass is 16.5. The van der Waals surface area contributed by atoms with Crippen molar-refractivity contribution >= 4 is 5.97 Å². The molecule has 1 aromatic heterocycles. The van der Waals surface area contributed by atoms with Crippen molar-refractivity contribution in [3.63, 3.8) is 0 Å². The van der Waals surface area contributed by atoms with Crippen LogP contribution in [0.4, 0.5) is 0 Å². The van der Waals surface area contributed by atoms with E-state index in [4.69, 9.17) is 4.74 Å². The van der Waals surface area contributed by atoms with E-state index < -0.39 is 11.4 Å². The molecule has 2 N–H and O–H groups in total. The molecule has 0 unspecified atom stereocenters. The van der Waals surface area contributed by atoms with Crippen LogP contribution in [-0.2, 0) is 11.2 Å². The van der Waals surface area contributed by atoms with E-state index in [0.717, 1.165) is 18.7 Å². The Hall–Kier alpha value is -1.62. The molecular weight excluding hydrogens is 232 g/mol. The molecule has 0 atom stereocenters. The molecule has 5 heteroatoms. The Balaban J connectivity index is 2.26. The van der Waals surface area contributed by atoms with Crippen LogP contribution in [0, 0.1) is 5.41 Å². The summed E-state index contributed by atoms with van der Waals surface area (Å²) in [4.78, 5) is 15.7. The maximum atomic E-state index is 11.6. The van der Waals surface area contributed by atoms with Crippen LogP contribution in [0.1, 0.15) is 18.4 Å². The first-order valence-corrected chi connectivity index (χ1v) is 6.10. The second-order valence-electron chi connectivity index (χ2n) is 4.68. The lowest BCUT2D eigenvalue weighted by Crippen LogP contribution is -2.43. The number of hydrogen-bond acceptors (Lipinski definition) is 4. The van der Waals surface area contributed by atoms with Gasteiger partial charge in [-0.2, -0.15) is 0 Å². The van der Waals surface area contributed by atoms with Gasteiger partial charge in [0.2, 0.25) is 5.88 Å². The molecule has 2 rings (SSSR count). The topological polar surface area (TPSA) is 71.5 Å². The number of piperidine rings is 1. The molecule has 0 bridgehead atoms. The predicted molar refractivity (Wildman–Crippen MR) is 66.7 cm³/mol. The van der Waals surface area contributed by atoms with E-state index in [9.17, 15) is 9.90 Å². The highest BCUT2D eigenvalue weighted by Crippen LogP contribution is 2.35. The van der Waals surface area contributed by atoms with Gasteiger partial charge in [-0.05, 0) is 38.4 Å². The monoisotopic (exact) mass is 250 g/mol. The van der Waals surface area contributed by atoms with Crippen LogP contribution < -0.4 is 10.1 Å². The minimum atomic E-state index is -0.727. The summed E-state index contributed by atoms with van der Waals surface area (Å²) in [5, 5.41) is 12.7. The van der Waals surface area contributed by atoms with Crippen LogP contribution >= 0.6 is 0 Å². The van der Waals surface area contributed by atoms with Gasteiger partial charge in [-0.1, -0.05) is 6.07 Å². The molecule has 18 heavy (non-hydrogen) atoms. The summed E-state index contributed by atoms with van der Waals surface area (Å²) in [6.07, 6.45) is 3.40. The molecule has 98 valence electrons. The molecule has 1 aliphatic rings. The Labute approximate surface area is 106 Å². The van der Waals surface area contributed by atoms with Gasteiger partial charge in [0.05, 0.1) is 12.5 Å². The molecule has 0 saturated carbocycles. The summed E-state index contributed by atoms with van der Waals surface area (Å²) in [5.41, 5.74) is 0.172. The van der Waals surface area contributed by atoms with E-state index in [2.05, 4.69) is 10.3 Å². The Kier molecular flexibility index (Phi) is 3.81. The van der Waals surface area contributed by atoms with Crippen LogP contribution in [0.5, 0.6) is 5.88 Å². The van der Waals surface area contributed by atoms with Gasteiger partial charge in [0.1, 0.15) is 0 Å². The van der Waals surface area contributed by atoms with Crippen LogP contribution in [0.15, 0.2) is 18.3 Å². The Bertz CT molecular complexity index is 428. The van der Waals surface area contributed by atoms with Crippen molar-refractivity contribution in [3.8, 4) is 5.88 Å². The number of pyridine rings is 1. The van der Waals surface area contributed by atoms with E-state index in [0.29, 0.717) is 25.1 Å². The molecule has 1 fully saturated rings. The number of rotatable bonds is 4. The molecule has 0 amide bonds. The first kappa shape index (κ1) is 12.8. The lowest BCUT2D eigenvalue weighted by atomic mass is 9.74. The number of carboxylic acid groups (broad SMARTS) is 1. The molecule has 1 saturated heterocycles. The van der Waals surface area contributed by atoms with Crippen molar-refractivity contribution in [2.75, 3.05) is 20.2 Å². The van der Waals surface area contributed by atoms with Gasteiger partial charge in [0, 0.05) is 11.8 Å². The first-order chi connectivity index (χ1) is 8.68. The number of ether oxygens (including phenoxy) is 1. The molecule has 1 aliphatic heterocycles. The second kappa shape index (κ2) is 5.35. The lowest BCUT2D eigenvalue weighted by Gasteiger charge is -2.33. The molecule has 2 heterocycles. The number of aromatic nitrogens is 1. The molecule has 1 aromatic rings. The van der Waals surface area contributed by atoms with Gasteiger partial charge < -0.3 is 15.2 Å². The Morgan fingerprint density at radius 2 is 2.28 bits per heavy atom. The lowest BCUT2D eigenvalue weighted by molar-refractivity contribution is -0.150. The third-order valence-electron chi connectivity index (χ3n) is 3.59. The van der Waals surface area contributed by atoms with Crippen LogP contribution in [0.3, 0.4) is 0 Å². The van der Waals surface area contributed by atoms with E-state index in [1.54, 1.807) is 13.3 Å². The molecule has 0 radical (unpaired) electrons.